The zero-order valence-corrected chi connectivity index (χ0v) is 17.5. The van der Waals surface area contributed by atoms with Gasteiger partial charge in [0.2, 0.25) is 5.78 Å². The average Bonchev–Trinajstić information content (AvgIpc) is 3.18. The molecule has 1 heterocycles. The van der Waals surface area contributed by atoms with Crippen molar-refractivity contribution >= 4 is 44.1 Å². The fraction of sp³-hybridized carbons (Fsp3) is 0. The third-order valence-electron chi connectivity index (χ3n) is 4.26. The standard InChI is InChI=1S/C23H15BrN2O2S/c24-18-14-8-7-13-17(18)22(28)26-23-25-19(15-9-3-1-4-10-15)21(29-23)20(27)16-11-5-2-6-12-16/h1-14H,(H,25,26,28). The number of thiazole rings is 1. The third kappa shape index (κ3) is 4.18. The first kappa shape index (κ1) is 19.2. The van der Waals surface area contributed by atoms with Crippen molar-refractivity contribution in [3.63, 3.8) is 0 Å². The molecule has 0 bridgehead atoms. The van der Waals surface area contributed by atoms with Gasteiger partial charge in [0.15, 0.2) is 5.13 Å². The minimum atomic E-state index is -0.287. The lowest BCUT2D eigenvalue weighted by atomic mass is 10.1. The van der Waals surface area contributed by atoms with Crippen molar-refractivity contribution in [3.05, 3.63) is 105 Å². The smallest absolute Gasteiger partial charge is 0.258 e. The second-order valence-electron chi connectivity index (χ2n) is 6.19. The maximum atomic E-state index is 13.1. The van der Waals surface area contributed by atoms with E-state index in [-0.39, 0.29) is 11.7 Å². The highest BCUT2D eigenvalue weighted by atomic mass is 79.9. The van der Waals surface area contributed by atoms with E-state index >= 15 is 0 Å². The number of carbonyl (C=O) groups excluding carboxylic acids is 2. The van der Waals surface area contributed by atoms with Gasteiger partial charge in [-0.1, -0.05) is 84.1 Å². The zero-order chi connectivity index (χ0) is 20.2. The molecule has 3 aromatic carbocycles. The second-order valence-corrected chi connectivity index (χ2v) is 8.05. The van der Waals surface area contributed by atoms with Crippen LogP contribution in [0.3, 0.4) is 0 Å². The van der Waals surface area contributed by atoms with Crippen molar-refractivity contribution in [1.82, 2.24) is 4.98 Å². The molecule has 0 atom stereocenters. The SMILES string of the molecule is O=C(Nc1nc(-c2ccccc2)c(C(=O)c2ccccc2)s1)c1ccccc1Br. The van der Waals surface area contributed by atoms with Crippen molar-refractivity contribution in [1.29, 1.82) is 0 Å². The lowest BCUT2D eigenvalue weighted by Gasteiger charge is -2.03. The van der Waals surface area contributed by atoms with E-state index in [4.69, 9.17) is 0 Å². The molecule has 1 amide bonds. The number of aromatic nitrogens is 1. The van der Waals surface area contributed by atoms with Crippen LogP contribution in [0.2, 0.25) is 0 Å². The largest absolute Gasteiger partial charge is 0.298 e. The Morgan fingerprint density at radius 1 is 0.828 bits per heavy atom. The van der Waals surface area contributed by atoms with Crippen molar-refractivity contribution in [2.24, 2.45) is 0 Å². The summed E-state index contributed by atoms with van der Waals surface area (Å²) < 4.78 is 0.693. The van der Waals surface area contributed by atoms with Gasteiger partial charge in [-0.25, -0.2) is 4.98 Å². The molecule has 0 aliphatic heterocycles. The molecule has 0 saturated heterocycles. The van der Waals surface area contributed by atoms with Crippen LogP contribution in [0.5, 0.6) is 0 Å². The van der Waals surface area contributed by atoms with Crippen LogP contribution in [0, 0.1) is 0 Å². The van der Waals surface area contributed by atoms with E-state index < -0.39 is 0 Å². The zero-order valence-electron chi connectivity index (χ0n) is 15.1. The average molecular weight is 463 g/mol. The van der Waals surface area contributed by atoms with E-state index in [0.717, 1.165) is 5.56 Å². The van der Waals surface area contributed by atoms with E-state index in [9.17, 15) is 9.59 Å². The minimum absolute atomic E-state index is 0.122. The summed E-state index contributed by atoms with van der Waals surface area (Å²) in [6.07, 6.45) is 0. The van der Waals surface area contributed by atoms with Gasteiger partial charge in [0.25, 0.3) is 5.91 Å². The fourth-order valence-electron chi connectivity index (χ4n) is 2.85. The first-order valence-corrected chi connectivity index (χ1v) is 10.5. The maximum Gasteiger partial charge on any atom is 0.258 e. The molecule has 4 aromatic rings. The molecule has 4 nitrogen and oxygen atoms in total. The first-order valence-electron chi connectivity index (χ1n) is 8.85. The quantitative estimate of drug-likeness (QED) is 0.366. The molecule has 0 aliphatic carbocycles. The Kier molecular flexibility index (Phi) is 5.64. The number of halogens is 1. The molecule has 0 saturated carbocycles. The number of carbonyl (C=O) groups is 2. The van der Waals surface area contributed by atoms with Crippen LogP contribution in [-0.4, -0.2) is 16.7 Å². The van der Waals surface area contributed by atoms with Gasteiger partial charge in [-0.05, 0) is 28.1 Å². The summed E-state index contributed by atoms with van der Waals surface area (Å²) in [7, 11) is 0. The lowest BCUT2D eigenvalue weighted by molar-refractivity contribution is 0.102. The Hall–Kier alpha value is -3.09. The van der Waals surface area contributed by atoms with Crippen molar-refractivity contribution in [2.45, 2.75) is 0 Å². The summed E-state index contributed by atoms with van der Waals surface area (Å²) >= 11 is 4.57. The van der Waals surface area contributed by atoms with E-state index in [0.29, 0.717) is 31.3 Å². The molecular weight excluding hydrogens is 448 g/mol. The number of hydrogen-bond donors (Lipinski definition) is 1. The van der Waals surface area contributed by atoms with E-state index in [2.05, 4.69) is 26.2 Å². The molecule has 4 rings (SSSR count). The van der Waals surface area contributed by atoms with Gasteiger partial charge in [0.1, 0.15) is 4.88 Å². The number of anilines is 1. The molecule has 0 aliphatic rings. The van der Waals surface area contributed by atoms with Gasteiger partial charge in [-0.3, -0.25) is 14.9 Å². The molecule has 142 valence electrons. The molecule has 6 heteroatoms. The number of nitrogens with one attached hydrogen (secondary N) is 1. The summed E-state index contributed by atoms with van der Waals surface area (Å²) in [5.74, 6) is -0.409. The highest BCUT2D eigenvalue weighted by molar-refractivity contribution is 9.10. The third-order valence-corrected chi connectivity index (χ3v) is 5.92. The summed E-state index contributed by atoms with van der Waals surface area (Å²) in [4.78, 5) is 30.8. The highest BCUT2D eigenvalue weighted by Crippen LogP contribution is 2.33. The fourth-order valence-corrected chi connectivity index (χ4v) is 4.26. The van der Waals surface area contributed by atoms with Crippen LogP contribution in [-0.2, 0) is 0 Å². The Morgan fingerprint density at radius 2 is 1.45 bits per heavy atom. The van der Waals surface area contributed by atoms with Gasteiger partial charge in [0, 0.05) is 15.6 Å². The number of hydrogen-bond acceptors (Lipinski definition) is 4. The summed E-state index contributed by atoms with van der Waals surface area (Å²) in [5, 5.41) is 3.20. The lowest BCUT2D eigenvalue weighted by Crippen LogP contribution is -2.12. The summed E-state index contributed by atoms with van der Waals surface area (Å²) in [6.45, 7) is 0. The number of amides is 1. The molecule has 1 N–H and O–H groups in total. The van der Waals surface area contributed by atoms with E-state index in [1.54, 1.807) is 30.3 Å². The van der Waals surface area contributed by atoms with Crippen LogP contribution >= 0.6 is 27.3 Å². The highest BCUT2D eigenvalue weighted by Gasteiger charge is 2.22. The first-order chi connectivity index (χ1) is 14.1. The van der Waals surface area contributed by atoms with Gasteiger partial charge in [-0.2, -0.15) is 0 Å². The topological polar surface area (TPSA) is 59.1 Å². The Balaban J connectivity index is 1.73. The minimum Gasteiger partial charge on any atom is -0.298 e. The van der Waals surface area contributed by atoms with Crippen molar-refractivity contribution in [2.75, 3.05) is 5.32 Å². The molecule has 0 spiro atoms. The van der Waals surface area contributed by atoms with Crippen molar-refractivity contribution < 1.29 is 9.59 Å². The Bertz CT molecular complexity index is 1170. The Labute approximate surface area is 180 Å². The summed E-state index contributed by atoms with van der Waals surface area (Å²) in [5.41, 5.74) is 2.47. The van der Waals surface area contributed by atoms with Crippen LogP contribution in [0.4, 0.5) is 5.13 Å². The van der Waals surface area contributed by atoms with Gasteiger partial charge in [0.05, 0.1) is 11.3 Å². The normalized spacial score (nSPS) is 10.5. The van der Waals surface area contributed by atoms with Gasteiger partial charge >= 0.3 is 0 Å². The van der Waals surface area contributed by atoms with Gasteiger partial charge in [-0.15, -0.1) is 0 Å². The predicted octanol–water partition coefficient (Wildman–Crippen LogP) is 6.06. The van der Waals surface area contributed by atoms with E-state index in [1.807, 2.05) is 54.6 Å². The second kappa shape index (κ2) is 8.51. The predicted molar refractivity (Wildman–Crippen MR) is 120 cm³/mol. The molecule has 0 radical (unpaired) electrons. The summed E-state index contributed by atoms with van der Waals surface area (Å²) in [6, 6.07) is 25.7. The van der Waals surface area contributed by atoms with Crippen LogP contribution < -0.4 is 5.32 Å². The number of benzene rings is 3. The molecular formula is C23H15BrN2O2S. The number of ketones is 1. The monoisotopic (exact) mass is 462 g/mol. The van der Waals surface area contributed by atoms with Crippen LogP contribution in [0.15, 0.2) is 89.4 Å². The van der Waals surface area contributed by atoms with Gasteiger partial charge < -0.3 is 0 Å². The van der Waals surface area contributed by atoms with Crippen molar-refractivity contribution in [3.8, 4) is 11.3 Å². The van der Waals surface area contributed by atoms with E-state index in [1.165, 1.54) is 11.3 Å². The maximum absolute atomic E-state index is 13.1. The molecule has 1 aromatic heterocycles. The molecule has 0 unspecified atom stereocenters. The van der Waals surface area contributed by atoms with Crippen LogP contribution in [0.1, 0.15) is 25.6 Å². The Morgan fingerprint density at radius 3 is 2.14 bits per heavy atom. The molecule has 0 fully saturated rings. The van der Waals surface area contributed by atoms with Crippen LogP contribution in [0.25, 0.3) is 11.3 Å². The molecule has 29 heavy (non-hydrogen) atoms. The number of nitrogens with zero attached hydrogens (tertiary/aromatic N) is 1. The number of rotatable bonds is 5.